The quantitative estimate of drug-likeness (QED) is 0.448. The molecule has 3 rings (SSSR count). The summed E-state index contributed by atoms with van der Waals surface area (Å²) in [5.41, 5.74) is -0.145. The molecule has 0 spiro atoms. The molecule has 0 bridgehead atoms. The largest absolute Gasteiger partial charge is 0.507 e. The second kappa shape index (κ2) is 7.75. The van der Waals surface area contributed by atoms with Crippen LogP contribution in [0.1, 0.15) is 40.9 Å². The van der Waals surface area contributed by atoms with Crippen molar-refractivity contribution in [2.45, 2.75) is 26.7 Å². The van der Waals surface area contributed by atoms with E-state index in [2.05, 4.69) is 9.97 Å². The van der Waals surface area contributed by atoms with Crippen LogP contribution in [0.4, 0.5) is 0 Å². The zero-order chi connectivity index (χ0) is 21.3. The molecule has 0 aliphatic carbocycles. The van der Waals surface area contributed by atoms with Gasteiger partial charge in [0.05, 0.1) is 23.7 Å². The summed E-state index contributed by atoms with van der Waals surface area (Å²) in [5, 5.41) is 31.1. The van der Waals surface area contributed by atoms with Gasteiger partial charge in [0.25, 0.3) is 11.1 Å². The number of phenols is 1. The molecule has 0 fully saturated rings. The topological polar surface area (TPSA) is 136 Å². The molecule has 2 heterocycles. The van der Waals surface area contributed by atoms with Crippen molar-refractivity contribution in [3.05, 3.63) is 79.1 Å². The zero-order valence-corrected chi connectivity index (χ0v) is 16.2. The van der Waals surface area contributed by atoms with Gasteiger partial charge in [-0.15, -0.1) is 0 Å². The third-order valence-corrected chi connectivity index (χ3v) is 4.56. The van der Waals surface area contributed by atoms with Crippen LogP contribution in [0, 0.1) is 13.8 Å². The van der Waals surface area contributed by atoms with Crippen LogP contribution in [0.25, 0.3) is 0 Å². The van der Waals surface area contributed by atoms with E-state index in [0.29, 0.717) is 17.0 Å². The van der Waals surface area contributed by atoms with E-state index in [9.17, 15) is 24.9 Å². The van der Waals surface area contributed by atoms with E-state index >= 15 is 0 Å². The van der Waals surface area contributed by atoms with Gasteiger partial charge >= 0.3 is 0 Å². The number of ether oxygens (including phenoxy) is 1. The van der Waals surface area contributed by atoms with E-state index in [-0.39, 0.29) is 40.7 Å². The Balaban J connectivity index is 2.38. The smallest absolute Gasteiger partial charge is 0.256 e. The summed E-state index contributed by atoms with van der Waals surface area (Å²) in [6, 6.07) is 7.08. The molecule has 3 aromatic rings. The highest BCUT2D eigenvalue weighted by molar-refractivity contribution is 5.54. The summed E-state index contributed by atoms with van der Waals surface area (Å²) in [5.74, 6) is -1.70. The lowest BCUT2D eigenvalue weighted by atomic mass is 9.85. The Morgan fingerprint density at radius 3 is 1.83 bits per heavy atom. The Hall–Kier alpha value is -3.68. The number of H-pyrrole nitrogens is 2. The number of rotatable bonds is 5. The Kier molecular flexibility index (Phi) is 5.36. The van der Waals surface area contributed by atoms with E-state index < -0.39 is 17.0 Å². The number of aromatic hydroxyl groups is 3. The maximum Gasteiger partial charge on any atom is 0.256 e. The number of aryl methyl sites for hydroxylation is 2. The van der Waals surface area contributed by atoms with Gasteiger partial charge in [0.1, 0.15) is 11.5 Å². The van der Waals surface area contributed by atoms with E-state index in [1.165, 1.54) is 30.3 Å². The second-order valence-corrected chi connectivity index (χ2v) is 6.75. The molecular formula is C21H22N2O6. The molecule has 8 heteroatoms. The van der Waals surface area contributed by atoms with Crippen LogP contribution in [0.5, 0.6) is 23.0 Å². The minimum Gasteiger partial charge on any atom is -0.507 e. The third-order valence-electron chi connectivity index (χ3n) is 4.56. The van der Waals surface area contributed by atoms with E-state index in [1.807, 2.05) is 0 Å². The highest BCUT2D eigenvalue weighted by Gasteiger charge is 2.29. The first kappa shape index (κ1) is 20.1. The normalized spacial score (nSPS) is 11.0. The van der Waals surface area contributed by atoms with Crippen molar-refractivity contribution < 1.29 is 20.1 Å². The van der Waals surface area contributed by atoms with Crippen molar-refractivity contribution in [2.75, 3.05) is 6.61 Å². The van der Waals surface area contributed by atoms with Gasteiger partial charge in [-0.25, -0.2) is 0 Å². The number of nitrogens with one attached hydrogen (secondary N) is 2. The minimum absolute atomic E-state index is 0.103. The SMILES string of the molecule is CCOc1cc(C(c2c(O)cc(C)[nH]c2=O)c2c(O)cc(C)[nH]c2=O)ccc1O. The minimum atomic E-state index is -1.11. The van der Waals surface area contributed by atoms with Gasteiger partial charge in [0.15, 0.2) is 11.5 Å². The van der Waals surface area contributed by atoms with Crippen LogP contribution in [-0.2, 0) is 0 Å². The molecule has 0 atom stereocenters. The van der Waals surface area contributed by atoms with Crippen LogP contribution >= 0.6 is 0 Å². The number of hydrogen-bond donors (Lipinski definition) is 5. The first-order valence-corrected chi connectivity index (χ1v) is 9.04. The Bertz CT molecular complexity index is 1110. The molecule has 0 amide bonds. The average molecular weight is 398 g/mol. The van der Waals surface area contributed by atoms with Crippen molar-refractivity contribution in [3.8, 4) is 23.0 Å². The summed E-state index contributed by atoms with van der Waals surface area (Å²) in [7, 11) is 0. The number of aromatic nitrogens is 2. The predicted octanol–water partition coefficient (Wildman–Crippen LogP) is 2.38. The molecule has 8 nitrogen and oxygen atoms in total. The first-order valence-electron chi connectivity index (χ1n) is 9.04. The monoisotopic (exact) mass is 398 g/mol. The van der Waals surface area contributed by atoms with Crippen LogP contribution in [0.15, 0.2) is 39.9 Å². The summed E-state index contributed by atoms with van der Waals surface area (Å²) in [6.07, 6.45) is 0. The highest BCUT2D eigenvalue weighted by atomic mass is 16.5. The number of phenolic OH excluding ortho intramolecular Hbond substituents is 1. The highest BCUT2D eigenvalue weighted by Crippen LogP contribution is 2.39. The summed E-state index contributed by atoms with van der Waals surface area (Å²) in [4.78, 5) is 30.7. The van der Waals surface area contributed by atoms with Gasteiger partial charge in [0, 0.05) is 11.4 Å². The van der Waals surface area contributed by atoms with Crippen molar-refractivity contribution >= 4 is 0 Å². The fourth-order valence-electron chi connectivity index (χ4n) is 3.38. The van der Waals surface area contributed by atoms with Gasteiger partial charge in [-0.2, -0.15) is 0 Å². The lowest BCUT2D eigenvalue weighted by Gasteiger charge is -2.20. The lowest BCUT2D eigenvalue weighted by Crippen LogP contribution is -2.25. The lowest BCUT2D eigenvalue weighted by molar-refractivity contribution is 0.317. The third kappa shape index (κ3) is 3.82. The molecule has 1 aromatic carbocycles. The molecule has 152 valence electrons. The predicted molar refractivity (Wildman–Crippen MR) is 107 cm³/mol. The number of hydrogen-bond acceptors (Lipinski definition) is 6. The molecule has 5 N–H and O–H groups in total. The Labute approximate surface area is 166 Å². The van der Waals surface area contributed by atoms with Crippen molar-refractivity contribution in [3.63, 3.8) is 0 Å². The molecule has 0 unspecified atom stereocenters. The molecule has 0 saturated carbocycles. The first-order chi connectivity index (χ1) is 13.7. The van der Waals surface area contributed by atoms with Crippen LogP contribution in [0.3, 0.4) is 0 Å². The van der Waals surface area contributed by atoms with Gasteiger partial charge in [0.2, 0.25) is 0 Å². The van der Waals surface area contributed by atoms with E-state index in [0.717, 1.165) is 0 Å². The maximum absolute atomic E-state index is 12.7. The summed E-state index contributed by atoms with van der Waals surface area (Å²) < 4.78 is 5.41. The summed E-state index contributed by atoms with van der Waals surface area (Å²) in [6.45, 7) is 5.26. The molecule has 29 heavy (non-hydrogen) atoms. The molecule has 0 aliphatic heterocycles. The zero-order valence-electron chi connectivity index (χ0n) is 16.2. The summed E-state index contributed by atoms with van der Waals surface area (Å²) >= 11 is 0. The fourth-order valence-corrected chi connectivity index (χ4v) is 3.38. The van der Waals surface area contributed by atoms with Crippen molar-refractivity contribution in [1.29, 1.82) is 0 Å². The molecule has 0 aliphatic rings. The van der Waals surface area contributed by atoms with Crippen molar-refractivity contribution in [2.24, 2.45) is 0 Å². The molecule has 0 radical (unpaired) electrons. The number of pyridine rings is 2. The average Bonchev–Trinajstić information content (AvgIpc) is 2.61. The van der Waals surface area contributed by atoms with Crippen LogP contribution < -0.4 is 15.9 Å². The number of aromatic amines is 2. The van der Waals surface area contributed by atoms with Crippen LogP contribution in [-0.4, -0.2) is 31.9 Å². The van der Waals surface area contributed by atoms with E-state index in [1.54, 1.807) is 20.8 Å². The Morgan fingerprint density at radius 1 is 0.862 bits per heavy atom. The van der Waals surface area contributed by atoms with E-state index in [4.69, 9.17) is 4.74 Å². The maximum atomic E-state index is 12.7. The molecule has 0 saturated heterocycles. The van der Waals surface area contributed by atoms with Gasteiger partial charge in [-0.3, -0.25) is 9.59 Å². The number of benzene rings is 1. The van der Waals surface area contributed by atoms with Gasteiger partial charge < -0.3 is 30.0 Å². The van der Waals surface area contributed by atoms with Gasteiger partial charge in [-0.05, 0) is 50.6 Å². The van der Waals surface area contributed by atoms with Crippen molar-refractivity contribution in [1.82, 2.24) is 9.97 Å². The van der Waals surface area contributed by atoms with Crippen LogP contribution in [0.2, 0.25) is 0 Å². The fraction of sp³-hybridized carbons (Fsp3) is 0.238. The standard InChI is InChI=1S/C21H22N2O6/c1-4-29-16-9-12(5-6-13(16)24)17(18-14(25)7-10(2)22-20(18)27)19-15(26)8-11(3)23-21(19)28/h5-9,17,24H,4H2,1-3H3,(H2,22,25,27)(H2,23,26,28). The van der Waals surface area contributed by atoms with Gasteiger partial charge in [-0.1, -0.05) is 6.07 Å². The Morgan fingerprint density at radius 2 is 1.38 bits per heavy atom. The molecule has 2 aromatic heterocycles. The molecular weight excluding hydrogens is 376 g/mol. The second-order valence-electron chi connectivity index (χ2n) is 6.75.